The van der Waals surface area contributed by atoms with Crippen LogP contribution in [-0.4, -0.2) is 33.3 Å². The van der Waals surface area contributed by atoms with E-state index in [1.54, 1.807) is 4.68 Å². The summed E-state index contributed by atoms with van der Waals surface area (Å²) in [6.45, 7) is 2.74. The average molecular weight is 312 g/mol. The summed E-state index contributed by atoms with van der Waals surface area (Å²) in [5, 5.41) is 7.28. The topological polar surface area (TPSA) is 50.2 Å². The van der Waals surface area contributed by atoms with Crippen molar-refractivity contribution in [3.05, 3.63) is 47.7 Å². The van der Waals surface area contributed by atoms with Gasteiger partial charge in [0.1, 0.15) is 5.82 Å². The number of nitrogens with zero attached hydrogens (tertiary/aromatic N) is 3. The number of anilines is 1. The molecule has 2 heterocycles. The Hall–Kier alpha value is -2.30. The summed E-state index contributed by atoms with van der Waals surface area (Å²) in [5.74, 6) is 0.747. The highest BCUT2D eigenvalue weighted by Gasteiger charge is 2.27. The van der Waals surface area contributed by atoms with Gasteiger partial charge in [0.15, 0.2) is 0 Å². The second-order valence-electron chi connectivity index (χ2n) is 6.26. The van der Waals surface area contributed by atoms with Crippen LogP contribution in [-0.2, 0) is 13.5 Å². The fourth-order valence-corrected chi connectivity index (χ4v) is 3.28. The molecule has 5 heteroatoms. The van der Waals surface area contributed by atoms with Crippen molar-refractivity contribution in [3.63, 3.8) is 0 Å². The third kappa shape index (κ3) is 3.73. The molecule has 0 aliphatic carbocycles. The molecule has 122 valence electrons. The van der Waals surface area contributed by atoms with Crippen molar-refractivity contribution in [2.24, 2.45) is 7.05 Å². The molecular weight excluding hydrogens is 288 g/mol. The number of aryl methyl sites for hydroxylation is 2. The summed E-state index contributed by atoms with van der Waals surface area (Å²) in [4.78, 5) is 14.7. The second-order valence-corrected chi connectivity index (χ2v) is 6.26. The van der Waals surface area contributed by atoms with E-state index in [9.17, 15) is 4.79 Å². The fourth-order valence-electron chi connectivity index (χ4n) is 3.28. The molecule has 5 nitrogen and oxygen atoms in total. The number of carbonyl (C=O) groups is 1. The summed E-state index contributed by atoms with van der Waals surface area (Å²) < 4.78 is 1.71. The molecule has 1 atom stereocenters. The first-order valence-electron chi connectivity index (χ1n) is 8.25. The van der Waals surface area contributed by atoms with Gasteiger partial charge >= 0.3 is 6.03 Å². The highest BCUT2D eigenvalue weighted by molar-refractivity contribution is 5.88. The number of rotatable bonds is 3. The van der Waals surface area contributed by atoms with Crippen LogP contribution in [0.15, 0.2) is 36.4 Å². The number of piperidine rings is 1. The normalized spacial score (nSPS) is 18.0. The molecule has 0 spiro atoms. The van der Waals surface area contributed by atoms with Gasteiger partial charge in [0, 0.05) is 25.7 Å². The monoisotopic (exact) mass is 312 g/mol. The van der Waals surface area contributed by atoms with Crippen LogP contribution in [0, 0.1) is 6.92 Å². The van der Waals surface area contributed by atoms with E-state index in [1.807, 2.05) is 31.0 Å². The van der Waals surface area contributed by atoms with E-state index < -0.39 is 0 Å². The van der Waals surface area contributed by atoms with Crippen LogP contribution in [0.2, 0.25) is 0 Å². The molecule has 2 aromatic rings. The number of aromatic nitrogens is 2. The number of benzene rings is 1. The predicted octanol–water partition coefficient (Wildman–Crippen LogP) is 3.36. The molecule has 1 aliphatic rings. The molecule has 1 aromatic heterocycles. The lowest BCUT2D eigenvalue weighted by atomic mass is 9.96. The third-order valence-electron chi connectivity index (χ3n) is 4.44. The van der Waals surface area contributed by atoms with Crippen molar-refractivity contribution in [2.75, 3.05) is 11.9 Å². The Bertz CT molecular complexity index is 665. The Balaban J connectivity index is 1.70. The number of amides is 2. The smallest absolute Gasteiger partial charge is 0.321 e. The predicted molar refractivity (Wildman–Crippen MR) is 91.5 cm³/mol. The third-order valence-corrected chi connectivity index (χ3v) is 4.44. The van der Waals surface area contributed by atoms with Gasteiger partial charge in [-0.05, 0) is 38.2 Å². The summed E-state index contributed by atoms with van der Waals surface area (Å²) in [6.07, 6.45) is 4.24. The van der Waals surface area contributed by atoms with Gasteiger partial charge in [-0.15, -0.1) is 0 Å². The number of urea groups is 1. The van der Waals surface area contributed by atoms with Gasteiger partial charge in [0.05, 0.1) is 5.69 Å². The minimum atomic E-state index is -0.0198. The molecule has 1 fully saturated rings. The first-order chi connectivity index (χ1) is 11.1. The van der Waals surface area contributed by atoms with Crippen LogP contribution < -0.4 is 5.32 Å². The summed E-state index contributed by atoms with van der Waals surface area (Å²) in [7, 11) is 1.85. The highest BCUT2D eigenvalue weighted by atomic mass is 16.2. The zero-order valence-corrected chi connectivity index (χ0v) is 13.8. The average Bonchev–Trinajstić information content (AvgIpc) is 2.86. The molecule has 1 aliphatic heterocycles. The SMILES string of the molecule is Cc1cc(NC(=O)N2CCCC[C@H]2Cc2ccccc2)n(C)n1. The highest BCUT2D eigenvalue weighted by Crippen LogP contribution is 2.22. The van der Waals surface area contributed by atoms with E-state index >= 15 is 0 Å². The fraction of sp³-hybridized carbons (Fsp3) is 0.444. The lowest BCUT2D eigenvalue weighted by Gasteiger charge is -2.35. The molecule has 0 bridgehead atoms. The zero-order chi connectivity index (χ0) is 16.2. The summed E-state index contributed by atoms with van der Waals surface area (Å²) in [5.41, 5.74) is 2.19. The van der Waals surface area contributed by atoms with E-state index in [-0.39, 0.29) is 12.1 Å². The van der Waals surface area contributed by atoms with Gasteiger partial charge in [-0.2, -0.15) is 5.10 Å². The van der Waals surface area contributed by atoms with E-state index in [4.69, 9.17) is 0 Å². The van der Waals surface area contributed by atoms with Crippen LogP contribution in [0.4, 0.5) is 10.6 Å². The molecular formula is C18H24N4O. The Morgan fingerprint density at radius 2 is 2.09 bits per heavy atom. The Morgan fingerprint density at radius 3 is 2.78 bits per heavy atom. The number of nitrogens with one attached hydrogen (secondary N) is 1. The van der Waals surface area contributed by atoms with E-state index in [1.165, 1.54) is 12.0 Å². The molecule has 1 N–H and O–H groups in total. The van der Waals surface area contributed by atoms with Crippen molar-refractivity contribution in [1.29, 1.82) is 0 Å². The van der Waals surface area contributed by atoms with Crippen LogP contribution in [0.3, 0.4) is 0 Å². The van der Waals surface area contributed by atoms with Crippen molar-refractivity contribution in [3.8, 4) is 0 Å². The van der Waals surface area contributed by atoms with Crippen LogP contribution in [0.5, 0.6) is 0 Å². The van der Waals surface area contributed by atoms with Crippen molar-refractivity contribution in [1.82, 2.24) is 14.7 Å². The summed E-state index contributed by atoms with van der Waals surface area (Å²) >= 11 is 0. The molecule has 0 radical (unpaired) electrons. The second kappa shape index (κ2) is 6.86. The molecule has 3 rings (SSSR count). The largest absolute Gasteiger partial charge is 0.323 e. The number of hydrogen-bond acceptors (Lipinski definition) is 2. The summed E-state index contributed by atoms with van der Waals surface area (Å²) in [6, 6.07) is 12.6. The number of hydrogen-bond donors (Lipinski definition) is 1. The van der Waals surface area contributed by atoms with Gasteiger partial charge in [-0.1, -0.05) is 30.3 Å². The lowest BCUT2D eigenvalue weighted by Crippen LogP contribution is -2.47. The van der Waals surface area contributed by atoms with Crippen LogP contribution in [0.25, 0.3) is 0 Å². The van der Waals surface area contributed by atoms with Crippen LogP contribution >= 0.6 is 0 Å². The standard InChI is InChI=1S/C18H24N4O/c1-14-12-17(21(2)20-14)19-18(23)22-11-7-6-10-16(22)13-15-8-4-3-5-9-15/h3-5,8-9,12,16H,6-7,10-11,13H2,1-2H3,(H,19,23)/t16-/m0/s1. The first-order valence-corrected chi connectivity index (χ1v) is 8.25. The zero-order valence-electron chi connectivity index (χ0n) is 13.8. The maximum atomic E-state index is 12.7. The van der Waals surface area contributed by atoms with Crippen molar-refractivity contribution < 1.29 is 4.79 Å². The quantitative estimate of drug-likeness (QED) is 0.945. The van der Waals surface area contributed by atoms with Crippen molar-refractivity contribution in [2.45, 2.75) is 38.6 Å². The van der Waals surface area contributed by atoms with Gasteiger partial charge in [-0.25, -0.2) is 4.79 Å². The van der Waals surface area contributed by atoms with Gasteiger partial charge < -0.3 is 4.90 Å². The molecule has 1 saturated heterocycles. The van der Waals surface area contributed by atoms with Gasteiger partial charge in [0.2, 0.25) is 0 Å². The van der Waals surface area contributed by atoms with Crippen molar-refractivity contribution >= 4 is 11.8 Å². The van der Waals surface area contributed by atoms with Gasteiger partial charge in [0.25, 0.3) is 0 Å². The Kier molecular flexibility index (Phi) is 4.65. The molecule has 23 heavy (non-hydrogen) atoms. The maximum Gasteiger partial charge on any atom is 0.323 e. The Labute approximate surface area is 137 Å². The first kappa shape index (κ1) is 15.6. The molecule has 0 unspecified atom stereocenters. The van der Waals surface area contributed by atoms with Crippen LogP contribution in [0.1, 0.15) is 30.5 Å². The lowest BCUT2D eigenvalue weighted by molar-refractivity contribution is 0.162. The minimum Gasteiger partial charge on any atom is -0.321 e. The minimum absolute atomic E-state index is 0.0198. The maximum absolute atomic E-state index is 12.7. The van der Waals surface area contributed by atoms with E-state index in [2.05, 4.69) is 34.7 Å². The Morgan fingerprint density at radius 1 is 1.30 bits per heavy atom. The molecule has 2 amide bonds. The number of likely N-dealkylation sites (tertiary alicyclic amines) is 1. The molecule has 0 saturated carbocycles. The van der Waals surface area contributed by atoms with E-state index in [0.717, 1.165) is 37.3 Å². The van der Waals surface area contributed by atoms with Gasteiger partial charge in [-0.3, -0.25) is 10.00 Å². The number of carbonyl (C=O) groups excluding carboxylic acids is 1. The van der Waals surface area contributed by atoms with E-state index in [0.29, 0.717) is 0 Å². The molecule has 1 aromatic carbocycles.